The lowest BCUT2D eigenvalue weighted by Gasteiger charge is -2.09. The van der Waals surface area contributed by atoms with Crippen molar-refractivity contribution in [2.75, 3.05) is 0 Å². The van der Waals surface area contributed by atoms with E-state index in [0.29, 0.717) is 12.1 Å². The highest BCUT2D eigenvalue weighted by molar-refractivity contribution is 14.1. The highest BCUT2D eigenvalue weighted by atomic mass is 127. The molecule has 0 radical (unpaired) electrons. The van der Waals surface area contributed by atoms with Gasteiger partial charge >= 0.3 is 6.18 Å². The van der Waals surface area contributed by atoms with Crippen LogP contribution >= 0.6 is 22.6 Å². The standard InChI is InChI=1S/C7H3F5IN/c8-5(9)4-2-1-3(6(13)14-4)7(10,11)12/h1-2,5H. The predicted molar refractivity (Wildman–Crippen MR) is 46.9 cm³/mol. The minimum atomic E-state index is -4.55. The molecule has 0 aliphatic carbocycles. The molecule has 7 heteroatoms. The van der Waals surface area contributed by atoms with Crippen molar-refractivity contribution in [3.63, 3.8) is 0 Å². The number of aromatic nitrogens is 1. The summed E-state index contributed by atoms with van der Waals surface area (Å²) in [4.78, 5) is 3.16. The van der Waals surface area contributed by atoms with Gasteiger partial charge in [-0.1, -0.05) is 0 Å². The van der Waals surface area contributed by atoms with Crippen molar-refractivity contribution in [1.82, 2.24) is 4.98 Å². The number of rotatable bonds is 1. The maximum atomic E-state index is 12.1. The fraction of sp³-hybridized carbons (Fsp3) is 0.286. The van der Waals surface area contributed by atoms with E-state index in [2.05, 4.69) is 4.98 Å². The summed E-state index contributed by atoms with van der Waals surface area (Å²) in [5.41, 5.74) is -1.65. The van der Waals surface area contributed by atoms with Gasteiger partial charge in [0.25, 0.3) is 6.43 Å². The Hall–Kier alpha value is -0.470. The van der Waals surface area contributed by atoms with Crippen molar-refractivity contribution in [2.24, 2.45) is 0 Å². The van der Waals surface area contributed by atoms with Crippen LogP contribution in [0.2, 0.25) is 0 Å². The zero-order chi connectivity index (χ0) is 10.9. The number of alkyl halides is 5. The Morgan fingerprint density at radius 1 is 1.21 bits per heavy atom. The third-order valence-corrected chi connectivity index (χ3v) is 2.22. The highest BCUT2D eigenvalue weighted by Crippen LogP contribution is 2.32. The summed E-state index contributed by atoms with van der Waals surface area (Å²) in [6.07, 6.45) is -7.41. The fourth-order valence-corrected chi connectivity index (χ4v) is 1.55. The SMILES string of the molecule is FC(F)c1ccc(C(F)(F)F)c(I)n1. The zero-order valence-corrected chi connectivity index (χ0v) is 8.60. The maximum Gasteiger partial charge on any atom is 0.418 e. The van der Waals surface area contributed by atoms with Gasteiger partial charge in [0.2, 0.25) is 0 Å². The zero-order valence-electron chi connectivity index (χ0n) is 6.45. The molecule has 0 amide bonds. The topological polar surface area (TPSA) is 12.9 Å². The Morgan fingerprint density at radius 3 is 2.14 bits per heavy atom. The van der Waals surface area contributed by atoms with Crippen molar-refractivity contribution in [2.45, 2.75) is 12.6 Å². The molecule has 1 aromatic heterocycles. The van der Waals surface area contributed by atoms with E-state index in [-0.39, 0.29) is 0 Å². The molecular formula is C7H3F5IN. The first-order valence-corrected chi connectivity index (χ1v) is 4.42. The Morgan fingerprint density at radius 2 is 1.79 bits per heavy atom. The smallest absolute Gasteiger partial charge is 0.240 e. The molecule has 78 valence electrons. The summed E-state index contributed by atoms with van der Waals surface area (Å²) in [5, 5.41) is 0. The Bertz CT molecular complexity index is 335. The van der Waals surface area contributed by atoms with E-state index in [0.717, 1.165) is 0 Å². The number of hydrogen-bond donors (Lipinski definition) is 0. The monoisotopic (exact) mass is 323 g/mol. The van der Waals surface area contributed by atoms with Gasteiger partial charge in [-0.2, -0.15) is 13.2 Å². The maximum absolute atomic E-state index is 12.1. The Kier molecular flexibility index (Phi) is 3.28. The molecule has 0 atom stereocenters. The van der Waals surface area contributed by atoms with Crippen molar-refractivity contribution in [3.8, 4) is 0 Å². The van der Waals surface area contributed by atoms with Crippen LogP contribution in [0.3, 0.4) is 0 Å². The molecule has 1 rings (SSSR count). The largest absolute Gasteiger partial charge is 0.418 e. The molecule has 0 N–H and O–H groups in total. The summed E-state index contributed by atoms with van der Waals surface area (Å²) in [6, 6.07) is 1.28. The second-order valence-corrected chi connectivity index (χ2v) is 3.39. The molecule has 0 saturated carbocycles. The lowest BCUT2D eigenvalue weighted by Crippen LogP contribution is -2.09. The lowest BCUT2D eigenvalue weighted by molar-refractivity contribution is -0.138. The van der Waals surface area contributed by atoms with Gasteiger partial charge < -0.3 is 0 Å². The number of nitrogens with zero attached hydrogens (tertiary/aromatic N) is 1. The molecule has 0 fully saturated rings. The van der Waals surface area contributed by atoms with E-state index in [1.165, 1.54) is 22.6 Å². The van der Waals surface area contributed by atoms with Gasteiger partial charge in [-0.15, -0.1) is 0 Å². The third kappa shape index (κ3) is 2.52. The van der Waals surface area contributed by atoms with E-state index in [4.69, 9.17) is 0 Å². The van der Waals surface area contributed by atoms with E-state index >= 15 is 0 Å². The summed E-state index contributed by atoms with van der Waals surface area (Å²) in [5.74, 6) is 0. The highest BCUT2D eigenvalue weighted by Gasteiger charge is 2.34. The summed E-state index contributed by atoms with van der Waals surface area (Å²) in [7, 11) is 0. The van der Waals surface area contributed by atoms with Gasteiger partial charge in [-0.25, -0.2) is 13.8 Å². The van der Waals surface area contributed by atoms with Gasteiger partial charge in [0, 0.05) is 0 Å². The molecule has 1 nitrogen and oxygen atoms in total. The van der Waals surface area contributed by atoms with Crippen LogP contribution in [0.5, 0.6) is 0 Å². The molecule has 0 aromatic carbocycles. The Balaban J connectivity index is 3.15. The fourth-order valence-electron chi connectivity index (χ4n) is 0.781. The first-order valence-electron chi connectivity index (χ1n) is 3.34. The van der Waals surface area contributed by atoms with Gasteiger partial charge in [-0.05, 0) is 34.7 Å². The summed E-state index contributed by atoms with van der Waals surface area (Å²) in [6.45, 7) is 0. The minimum absolute atomic E-state index is 0.465. The number of hydrogen-bond acceptors (Lipinski definition) is 1. The van der Waals surface area contributed by atoms with E-state index in [1.54, 1.807) is 0 Å². The van der Waals surface area contributed by atoms with E-state index in [1.807, 2.05) is 0 Å². The van der Waals surface area contributed by atoms with Gasteiger partial charge in [0.15, 0.2) is 0 Å². The second kappa shape index (κ2) is 3.95. The number of pyridine rings is 1. The van der Waals surface area contributed by atoms with Crippen molar-refractivity contribution in [1.29, 1.82) is 0 Å². The summed E-state index contributed by atoms with van der Waals surface area (Å²) >= 11 is 1.28. The molecule has 0 aliphatic heterocycles. The molecule has 0 spiro atoms. The molecule has 0 unspecified atom stereocenters. The molecule has 1 heterocycles. The molecule has 1 aromatic rings. The first kappa shape index (κ1) is 11.6. The number of halogens is 6. The van der Waals surface area contributed by atoms with Crippen LogP contribution in [0.4, 0.5) is 22.0 Å². The van der Waals surface area contributed by atoms with Crippen LogP contribution in [0, 0.1) is 3.70 Å². The summed E-state index contributed by atoms with van der Waals surface area (Å²) < 4.78 is 60.0. The average Bonchev–Trinajstić information content (AvgIpc) is 2.01. The van der Waals surface area contributed by atoms with Crippen LogP contribution in [0.15, 0.2) is 12.1 Å². The molecule has 0 bridgehead atoms. The van der Waals surface area contributed by atoms with Gasteiger partial charge in [0.1, 0.15) is 9.39 Å². The lowest BCUT2D eigenvalue weighted by atomic mass is 10.2. The normalized spacial score (nSPS) is 12.2. The van der Waals surface area contributed by atoms with E-state index < -0.39 is 27.6 Å². The van der Waals surface area contributed by atoms with Crippen molar-refractivity contribution in [3.05, 3.63) is 27.1 Å². The van der Waals surface area contributed by atoms with Crippen molar-refractivity contribution < 1.29 is 22.0 Å². The third-order valence-electron chi connectivity index (χ3n) is 1.40. The molecule has 0 saturated heterocycles. The predicted octanol–water partition coefficient (Wildman–Crippen LogP) is 3.64. The van der Waals surface area contributed by atoms with Crippen LogP contribution in [-0.4, -0.2) is 4.98 Å². The quantitative estimate of drug-likeness (QED) is 0.437. The van der Waals surface area contributed by atoms with E-state index in [9.17, 15) is 22.0 Å². The van der Waals surface area contributed by atoms with Gasteiger partial charge in [-0.3, -0.25) is 0 Å². The average molecular weight is 323 g/mol. The molecule has 0 aliphatic rings. The molecular weight excluding hydrogens is 320 g/mol. The van der Waals surface area contributed by atoms with Crippen molar-refractivity contribution >= 4 is 22.6 Å². The Labute approximate surface area is 89.5 Å². The van der Waals surface area contributed by atoms with Crippen LogP contribution in [0.25, 0.3) is 0 Å². The van der Waals surface area contributed by atoms with Gasteiger partial charge in [0.05, 0.1) is 5.56 Å². The van der Waals surface area contributed by atoms with Crippen LogP contribution < -0.4 is 0 Å². The van der Waals surface area contributed by atoms with Crippen LogP contribution in [0.1, 0.15) is 17.7 Å². The first-order chi connectivity index (χ1) is 6.32. The minimum Gasteiger partial charge on any atom is -0.240 e. The molecule has 14 heavy (non-hydrogen) atoms. The van der Waals surface area contributed by atoms with Crippen LogP contribution in [-0.2, 0) is 6.18 Å². The second-order valence-electron chi connectivity index (χ2n) is 2.37.